The van der Waals surface area contributed by atoms with Crippen molar-refractivity contribution in [3.63, 3.8) is 0 Å². The molecule has 0 aliphatic heterocycles. The lowest BCUT2D eigenvalue weighted by atomic mass is 9.98. The van der Waals surface area contributed by atoms with Gasteiger partial charge in [0.25, 0.3) is 0 Å². The summed E-state index contributed by atoms with van der Waals surface area (Å²) >= 11 is 0. The summed E-state index contributed by atoms with van der Waals surface area (Å²) in [7, 11) is 0. The number of benzene rings is 1. The van der Waals surface area contributed by atoms with Crippen LogP contribution in [0.4, 0.5) is 0 Å². The SMILES string of the molecule is CC(OCc1ccccc1)C(=O)NC(C)(C)C(C)O. The molecule has 0 saturated heterocycles. The van der Waals surface area contributed by atoms with Gasteiger partial charge in [0.15, 0.2) is 0 Å². The average molecular weight is 265 g/mol. The second kappa shape index (κ2) is 6.68. The number of hydrogen-bond donors (Lipinski definition) is 2. The first-order chi connectivity index (χ1) is 8.83. The Morgan fingerprint density at radius 1 is 1.32 bits per heavy atom. The minimum atomic E-state index is -0.665. The first-order valence-electron chi connectivity index (χ1n) is 6.48. The zero-order valence-corrected chi connectivity index (χ0v) is 12.0. The summed E-state index contributed by atoms with van der Waals surface area (Å²) in [5, 5.41) is 12.3. The van der Waals surface area contributed by atoms with Crippen molar-refractivity contribution >= 4 is 5.91 Å². The highest BCUT2D eigenvalue weighted by Gasteiger charge is 2.28. The molecule has 1 aromatic carbocycles. The third kappa shape index (κ3) is 5.01. The predicted octanol–water partition coefficient (Wildman–Crippen LogP) is 1.87. The maximum absolute atomic E-state index is 11.9. The van der Waals surface area contributed by atoms with Crippen molar-refractivity contribution in [2.24, 2.45) is 0 Å². The standard InChI is InChI=1S/C15H23NO3/c1-11(14(18)16-15(3,4)12(2)17)19-10-13-8-6-5-7-9-13/h5-9,11-12,17H,10H2,1-4H3,(H,16,18). The molecule has 106 valence electrons. The number of amides is 1. The van der Waals surface area contributed by atoms with E-state index in [9.17, 15) is 9.90 Å². The summed E-state index contributed by atoms with van der Waals surface area (Å²) in [6.45, 7) is 7.30. The van der Waals surface area contributed by atoms with Gasteiger partial charge in [-0.3, -0.25) is 4.79 Å². The normalized spacial score (nSPS) is 14.8. The minimum absolute atomic E-state index is 0.221. The van der Waals surface area contributed by atoms with Crippen LogP contribution in [0.25, 0.3) is 0 Å². The van der Waals surface area contributed by atoms with Gasteiger partial charge < -0.3 is 15.2 Å². The van der Waals surface area contributed by atoms with Crippen molar-refractivity contribution in [3.05, 3.63) is 35.9 Å². The Hall–Kier alpha value is -1.39. The second-order valence-corrected chi connectivity index (χ2v) is 5.33. The van der Waals surface area contributed by atoms with E-state index in [2.05, 4.69) is 5.32 Å². The van der Waals surface area contributed by atoms with Gasteiger partial charge >= 0.3 is 0 Å². The third-order valence-corrected chi connectivity index (χ3v) is 3.20. The fourth-order valence-corrected chi connectivity index (χ4v) is 1.39. The number of aliphatic hydroxyl groups is 1. The maximum Gasteiger partial charge on any atom is 0.249 e. The molecule has 2 unspecified atom stereocenters. The van der Waals surface area contributed by atoms with Crippen molar-refractivity contribution in [1.82, 2.24) is 5.32 Å². The van der Waals surface area contributed by atoms with Crippen LogP contribution in [0.2, 0.25) is 0 Å². The molecule has 4 heteroatoms. The molecule has 0 radical (unpaired) electrons. The first kappa shape index (κ1) is 15.7. The molecule has 0 aliphatic rings. The summed E-state index contributed by atoms with van der Waals surface area (Å²) in [6, 6.07) is 9.69. The summed E-state index contributed by atoms with van der Waals surface area (Å²) in [6.07, 6.45) is -1.18. The van der Waals surface area contributed by atoms with E-state index in [0.29, 0.717) is 6.61 Å². The Kier molecular flexibility index (Phi) is 5.51. The van der Waals surface area contributed by atoms with Crippen LogP contribution >= 0.6 is 0 Å². The monoisotopic (exact) mass is 265 g/mol. The van der Waals surface area contributed by atoms with Gasteiger partial charge in [0.2, 0.25) is 5.91 Å². The van der Waals surface area contributed by atoms with Gasteiger partial charge in [-0.2, -0.15) is 0 Å². The van der Waals surface area contributed by atoms with Crippen LogP contribution < -0.4 is 5.32 Å². The maximum atomic E-state index is 11.9. The average Bonchev–Trinajstić information content (AvgIpc) is 2.36. The largest absolute Gasteiger partial charge is 0.391 e. The van der Waals surface area contributed by atoms with Crippen LogP contribution in [0.1, 0.15) is 33.3 Å². The topological polar surface area (TPSA) is 58.6 Å². The van der Waals surface area contributed by atoms with Crippen LogP contribution in [0.3, 0.4) is 0 Å². The Labute approximate surface area is 114 Å². The van der Waals surface area contributed by atoms with Gasteiger partial charge in [-0.25, -0.2) is 0 Å². The van der Waals surface area contributed by atoms with E-state index < -0.39 is 17.7 Å². The van der Waals surface area contributed by atoms with Crippen molar-refractivity contribution in [3.8, 4) is 0 Å². The lowest BCUT2D eigenvalue weighted by Gasteiger charge is -2.30. The molecule has 2 N–H and O–H groups in total. The van der Waals surface area contributed by atoms with Crippen molar-refractivity contribution < 1.29 is 14.6 Å². The first-order valence-corrected chi connectivity index (χ1v) is 6.48. The molecule has 0 fully saturated rings. The van der Waals surface area contributed by atoms with Crippen LogP contribution in [0.15, 0.2) is 30.3 Å². The number of hydrogen-bond acceptors (Lipinski definition) is 3. The van der Waals surface area contributed by atoms with Gasteiger partial charge in [-0.15, -0.1) is 0 Å². The van der Waals surface area contributed by atoms with E-state index in [4.69, 9.17) is 4.74 Å². The molecule has 0 aliphatic carbocycles. The zero-order chi connectivity index (χ0) is 14.5. The molecule has 0 saturated carbocycles. The van der Waals surface area contributed by atoms with Gasteiger partial charge in [-0.05, 0) is 33.3 Å². The fourth-order valence-electron chi connectivity index (χ4n) is 1.39. The molecule has 0 aromatic heterocycles. The number of ether oxygens (including phenoxy) is 1. The number of carbonyl (C=O) groups is 1. The van der Waals surface area contributed by atoms with Gasteiger partial charge in [0.1, 0.15) is 6.10 Å². The molecule has 19 heavy (non-hydrogen) atoms. The number of nitrogens with one attached hydrogen (secondary N) is 1. The molecule has 2 atom stereocenters. The van der Waals surface area contributed by atoms with Crippen molar-refractivity contribution in [1.29, 1.82) is 0 Å². The highest BCUT2D eigenvalue weighted by Crippen LogP contribution is 2.10. The Morgan fingerprint density at radius 3 is 2.42 bits per heavy atom. The Balaban J connectivity index is 2.45. The van der Waals surface area contributed by atoms with Gasteiger partial charge in [0.05, 0.1) is 18.2 Å². The Morgan fingerprint density at radius 2 is 1.89 bits per heavy atom. The second-order valence-electron chi connectivity index (χ2n) is 5.33. The zero-order valence-electron chi connectivity index (χ0n) is 12.0. The summed E-state index contributed by atoms with van der Waals surface area (Å²) < 4.78 is 5.52. The molecule has 4 nitrogen and oxygen atoms in total. The van der Waals surface area contributed by atoms with E-state index in [1.807, 2.05) is 30.3 Å². The predicted molar refractivity (Wildman–Crippen MR) is 74.6 cm³/mol. The third-order valence-electron chi connectivity index (χ3n) is 3.20. The van der Waals surface area contributed by atoms with Crippen LogP contribution in [-0.2, 0) is 16.1 Å². The van der Waals surface area contributed by atoms with Gasteiger partial charge in [0, 0.05) is 0 Å². The van der Waals surface area contributed by atoms with E-state index in [0.717, 1.165) is 5.56 Å². The molecule has 0 spiro atoms. The lowest BCUT2D eigenvalue weighted by Crippen LogP contribution is -2.53. The van der Waals surface area contributed by atoms with Gasteiger partial charge in [-0.1, -0.05) is 30.3 Å². The highest BCUT2D eigenvalue weighted by molar-refractivity contribution is 5.81. The number of rotatable bonds is 6. The number of carbonyl (C=O) groups excluding carboxylic acids is 1. The van der Waals surface area contributed by atoms with E-state index in [1.54, 1.807) is 27.7 Å². The summed E-state index contributed by atoms with van der Waals surface area (Å²) in [5.41, 5.74) is 0.360. The van der Waals surface area contributed by atoms with E-state index in [-0.39, 0.29) is 5.91 Å². The lowest BCUT2D eigenvalue weighted by molar-refractivity contribution is -0.135. The smallest absolute Gasteiger partial charge is 0.249 e. The summed E-state index contributed by atoms with van der Waals surface area (Å²) in [4.78, 5) is 11.9. The molecule has 1 rings (SSSR count). The number of aliphatic hydroxyl groups excluding tert-OH is 1. The molecular formula is C15H23NO3. The summed E-state index contributed by atoms with van der Waals surface area (Å²) in [5.74, 6) is -0.221. The molecule has 0 bridgehead atoms. The molecular weight excluding hydrogens is 242 g/mol. The van der Waals surface area contributed by atoms with E-state index in [1.165, 1.54) is 0 Å². The Bertz CT molecular complexity index is 401. The molecule has 0 heterocycles. The van der Waals surface area contributed by atoms with Crippen LogP contribution in [0, 0.1) is 0 Å². The van der Waals surface area contributed by atoms with Crippen molar-refractivity contribution in [2.45, 2.75) is 52.0 Å². The minimum Gasteiger partial charge on any atom is -0.391 e. The van der Waals surface area contributed by atoms with E-state index >= 15 is 0 Å². The molecule has 1 amide bonds. The van der Waals surface area contributed by atoms with Crippen LogP contribution in [-0.4, -0.2) is 28.8 Å². The van der Waals surface area contributed by atoms with Crippen molar-refractivity contribution in [2.75, 3.05) is 0 Å². The van der Waals surface area contributed by atoms with Crippen LogP contribution in [0.5, 0.6) is 0 Å². The molecule has 1 aromatic rings. The quantitative estimate of drug-likeness (QED) is 0.825. The highest BCUT2D eigenvalue weighted by atomic mass is 16.5. The fraction of sp³-hybridized carbons (Fsp3) is 0.533.